The molecule has 1 saturated heterocycles. The first-order valence-electron chi connectivity index (χ1n) is 6.26. The zero-order valence-electron chi connectivity index (χ0n) is 10.2. The lowest BCUT2D eigenvalue weighted by atomic mass is 10.1. The first-order valence-corrected chi connectivity index (χ1v) is 6.26. The van der Waals surface area contributed by atoms with E-state index < -0.39 is 0 Å². The van der Waals surface area contributed by atoms with Crippen molar-refractivity contribution in [3.05, 3.63) is 42.9 Å². The second-order valence-electron chi connectivity index (χ2n) is 4.35. The molecule has 0 spiro atoms. The van der Waals surface area contributed by atoms with Crippen LogP contribution >= 0.6 is 0 Å². The zero-order chi connectivity index (χ0) is 12.2. The molecule has 18 heavy (non-hydrogen) atoms. The number of anilines is 1. The summed E-state index contributed by atoms with van der Waals surface area (Å²) in [5.41, 5.74) is 3.30. The van der Waals surface area contributed by atoms with Gasteiger partial charge in [-0.05, 0) is 24.3 Å². The van der Waals surface area contributed by atoms with Gasteiger partial charge in [0, 0.05) is 50.3 Å². The summed E-state index contributed by atoms with van der Waals surface area (Å²) >= 11 is 0. The Kier molecular flexibility index (Phi) is 3.19. The van der Waals surface area contributed by atoms with Crippen molar-refractivity contribution in [1.82, 2.24) is 15.3 Å². The molecular formula is C14H16N4. The van der Waals surface area contributed by atoms with Gasteiger partial charge in [-0.2, -0.15) is 0 Å². The Labute approximate surface area is 107 Å². The van der Waals surface area contributed by atoms with E-state index in [0.717, 1.165) is 37.4 Å². The molecule has 1 aliphatic rings. The average Bonchev–Trinajstić information content (AvgIpc) is 2.49. The van der Waals surface area contributed by atoms with Gasteiger partial charge in [0.15, 0.2) is 0 Å². The third-order valence-electron chi connectivity index (χ3n) is 3.18. The molecule has 1 aliphatic heterocycles. The number of nitrogens with zero attached hydrogens (tertiary/aromatic N) is 3. The Hall–Kier alpha value is -1.94. The molecule has 1 fully saturated rings. The van der Waals surface area contributed by atoms with E-state index in [0.29, 0.717) is 0 Å². The second kappa shape index (κ2) is 5.14. The summed E-state index contributed by atoms with van der Waals surface area (Å²) in [6.07, 6.45) is 5.50. The molecule has 4 heteroatoms. The summed E-state index contributed by atoms with van der Waals surface area (Å²) in [6.45, 7) is 4.11. The molecule has 0 aromatic carbocycles. The Bertz CT molecular complexity index is 506. The summed E-state index contributed by atoms with van der Waals surface area (Å²) in [4.78, 5) is 11.1. The van der Waals surface area contributed by atoms with Gasteiger partial charge in [0.1, 0.15) is 0 Å². The van der Waals surface area contributed by atoms with E-state index >= 15 is 0 Å². The van der Waals surface area contributed by atoms with Crippen molar-refractivity contribution in [1.29, 1.82) is 0 Å². The van der Waals surface area contributed by atoms with Gasteiger partial charge in [-0.1, -0.05) is 0 Å². The van der Waals surface area contributed by atoms with Gasteiger partial charge in [0.25, 0.3) is 0 Å². The number of nitrogens with one attached hydrogen (secondary N) is 1. The lowest BCUT2D eigenvalue weighted by Gasteiger charge is -2.30. The normalized spacial score (nSPS) is 15.7. The minimum atomic E-state index is 1.02. The average molecular weight is 240 g/mol. The van der Waals surface area contributed by atoms with E-state index in [9.17, 15) is 0 Å². The minimum absolute atomic E-state index is 1.02. The van der Waals surface area contributed by atoms with Crippen LogP contribution in [0.3, 0.4) is 0 Å². The molecular weight excluding hydrogens is 224 g/mol. The number of aromatic nitrogens is 2. The first-order chi connectivity index (χ1) is 8.95. The highest BCUT2D eigenvalue weighted by atomic mass is 15.2. The van der Waals surface area contributed by atoms with Crippen molar-refractivity contribution in [2.24, 2.45) is 0 Å². The van der Waals surface area contributed by atoms with Crippen molar-refractivity contribution >= 4 is 5.69 Å². The Morgan fingerprint density at radius 1 is 1.06 bits per heavy atom. The number of hydrogen-bond donors (Lipinski definition) is 1. The maximum Gasteiger partial charge on any atom is 0.0950 e. The van der Waals surface area contributed by atoms with Gasteiger partial charge in [0.2, 0.25) is 0 Å². The zero-order valence-corrected chi connectivity index (χ0v) is 10.2. The fourth-order valence-corrected chi connectivity index (χ4v) is 2.28. The lowest BCUT2D eigenvalue weighted by Crippen LogP contribution is -2.43. The van der Waals surface area contributed by atoms with Crippen molar-refractivity contribution in [3.8, 4) is 11.3 Å². The van der Waals surface area contributed by atoms with Crippen molar-refractivity contribution in [2.75, 3.05) is 31.1 Å². The molecule has 0 aliphatic carbocycles. The van der Waals surface area contributed by atoms with Crippen LogP contribution in [0.5, 0.6) is 0 Å². The van der Waals surface area contributed by atoms with Crippen LogP contribution in [0.15, 0.2) is 42.9 Å². The predicted octanol–water partition coefficient (Wildman–Crippen LogP) is 1.55. The molecule has 0 amide bonds. The van der Waals surface area contributed by atoms with Gasteiger partial charge < -0.3 is 10.2 Å². The molecule has 1 N–H and O–H groups in total. The van der Waals surface area contributed by atoms with Crippen LogP contribution in [0.25, 0.3) is 11.3 Å². The highest BCUT2D eigenvalue weighted by molar-refractivity contribution is 5.74. The minimum Gasteiger partial charge on any atom is -0.367 e. The highest BCUT2D eigenvalue weighted by Crippen LogP contribution is 2.27. The van der Waals surface area contributed by atoms with E-state index in [2.05, 4.69) is 32.3 Å². The number of hydrogen-bond acceptors (Lipinski definition) is 4. The molecule has 2 aromatic rings. The van der Waals surface area contributed by atoms with Crippen LogP contribution in [-0.2, 0) is 0 Å². The monoisotopic (exact) mass is 240 g/mol. The summed E-state index contributed by atoms with van der Waals surface area (Å²) < 4.78 is 0. The van der Waals surface area contributed by atoms with Crippen LogP contribution < -0.4 is 10.2 Å². The van der Waals surface area contributed by atoms with Gasteiger partial charge in [-0.3, -0.25) is 9.97 Å². The van der Waals surface area contributed by atoms with Crippen LogP contribution in [0.4, 0.5) is 5.69 Å². The fraction of sp³-hybridized carbons (Fsp3) is 0.286. The fourth-order valence-electron chi connectivity index (χ4n) is 2.28. The molecule has 4 nitrogen and oxygen atoms in total. The van der Waals surface area contributed by atoms with Gasteiger partial charge in [0.05, 0.1) is 11.4 Å². The van der Waals surface area contributed by atoms with Crippen molar-refractivity contribution in [3.63, 3.8) is 0 Å². The molecule has 0 atom stereocenters. The first kappa shape index (κ1) is 11.2. The van der Waals surface area contributed by atoms with E-state index in [4.69, 9.17) is 0 Å². The lowest BCUT2D eigenvalue weighted by molar-refractivity contribution is 0.589. The second-order valence-corrected chi connectivity index (χ2v) is 4.35. The van der Waals surface area contributed by atoms with Crippen LogP contribution in [0.2, 0.25) is 0 Å². The maximum atomic E-state index is 4.52. The third-order valence-corrected chi connectivity index (χ3v) is 3.18. The summed E-state index contributed by atoms with van der Waals surface area (Å²) in [7, 11) is 0. The van der Waals surface area contributed by atoms with E-state index in [1.54, 1.807) is 6.20 Å². The van der Waals surface area contributed by atoms with Crippen LogP contribution in [-0.4, -0.2) is 36.1 Å². The summed E-state index contributed by atoms with van der Waals surface area (Å²) in [5, 5.41) is 3.37. The topological polar surface area (TPSA) is 41.1 Å². The van der Waals surface area contributed by atoms with Gasteiger partial charge in [-0.15, -0.1) is 0 Å². The van der Waals surface area contributed by atoms with E-state index in [1.807, 2.05) is 24.5 Å². The summed E-state index contributed by atoms with van der Waals surface area (Å²) in [5.74, 6) is 0. The number of rotatable bonds is 2. The number of pyridine rings is 2. The smallest absolute Gasteiger partial charge is 0.0950 e. The quantitative estimate of drug-likeness (QED) is 0.864. The predicted molar refractivity (Wildman–Crippen MR) is 72.6 cm³/mol. The van der Waals surface area contributed by atoms with Gasteiger partial charge in [-0.25, -0.2) is 0 Å². The third kappa shape index (κ3) is 2.19. The van der Waals surface area contributed by atoms with Crippen LogP contribution in [0, 0.1) is 0 Å². The molecule has 2 aromatic heterocycles. The summed E-state index contributed by atoms with van der Waals surface area (Å²) in [6, 6.07) is 8.14. The standard InChI is InChI=1S/C14H16N4/c1-3-12(11-16-5-1)14-13(4-2-6-17-14)18-9-7-15-8-10-18/h1-6,11,15H,7-10H2. The van der Waals surface area contributed by atoms with Gasteiger partial charge >= 0.3 is 0 Å². The number of piperazine rings is 1. The van der Waals surface area contributed by atoms with Crippen LogP contribution in [0.1, 0.15) is 0 Å². The van der Waals surface area contributed by atoms with E-state index in [1.165, 1.54) is 5.69 Å². The highest BCUT2D eigenvalue weighted by Gasteiger charge is 2.15. The van der Waals surface area contributed by atoms with Crippen molar-refractivity contribution < 1.29 is 0 Å². The molecule has 3 rings (SSSR count). The molecule has 0 unspecified atom stereocenters. The SMILES string of the molecule is c1cncc(-c2ncccc2N2CCNCC2)c1. The Balaban J connectivity index is 1.99. The van der Waals surface area contributed by atoms with E-state index in [-0.39, 0.29) is 0 Å². The molecule has 0 saturated carbocycles. The molecule has 0 radical (unpaired) electrons. The Morgan fingerprint density at radius 2 is 1.89 bits per heavy atom. The molecule has 92 valence electrons. The largest absolute Gasteiger partial charge is 0.367 e. The molecule has 0 bridgehead atoms. The maximum absolute atomic E-state index is 4.52. The van der Waals surface area contributed by atoms with Crippen molar-refractivity contribution in [2.45, 2.75) is 0 Å². The molecule has 3 heterocycles. The Morgan fingerprint density at radius 3 is 2.67 bits per heavy atom.